The summed E-state index contributed by atoms with van der Waals surface area (Å²) < 4.78 is 26.0. The predicted octanol–water partition coefficient (Wildman–Crippen LogP) is 5.29. The molecule has 2 aromatic carbocycles. The number of nitrogens with zero attached hydrogens (tertiary/aromatic N) is 3. The number of methoxy groups -OCH3 is 1. The Labute approximate surface area is 204 Å². The second-order valence-corrected chi connectivity index (χ2v) is 7.83. The van der Waals surface area contributed by atoms with Crippen LogP contribution < -0.4 is 20.1 Å². The van der Waals surface area contributed by atoms with E-state index < -0.39 is 10.7 Å². The highest BCUT2D eigenvalue weighted by Crippen LogP contribution is 2.46. The monoisotopic (exact) mass is 517 g/mol. The highest BCUT2D eigenvalue weighted by atomic mass is 35.5. The number of aromatic nitrogens is 2. The summed E-state index contributed by atoms with van der Waals surface area (Å²) in [4.78, 5) is 19.8. The second kappa shape index (κ2) is 10.5. The molecule has 0 radical (unpaired) electrons. The van der Waals surface area contributed by atoms with Gasteiger partial charge in [-0.05, 0) is 38.1 Å². The van der Waals surface area contributed by atoms with Gasteiger partial charge in [-0.1, -0.05) is 23.2 Å². The lowest BCUT2D eigenvalue weighted by atomic mass is 10.1. The molecule has 0 spiro atoms. The average molecular weight is 519 g/mol. The molecule has 1 aliphatic rings. The predicted molar refractivity (Wildman–Crippen MR) is 126 cm³/mol. The summed E-state index contributed by atoms with van der Waals surface area (Å²) in [5, 5.41) is 18.0. The molecule has 13 heteroatoms. The van der Waals surface area contributed by atoms with Crippen molar-refractivity contribution in [1.82, 2.24) is 15.3 Å². The van der Waals surface area contributed by atoms with E-state index in [1.807, 2.05) is 0 Å². The first-order valence-electron chi connectivity index (χ1n) is 9.68. The van der Waals surface area contributed by atoms with Crippen molar-refractivity contribution in [2.45, 2.75) is 18.9 Å². The van der Waals surface area contributed by atoms with Gasteiger partial charge in [-0.25, -0.2) is 14.4 Å². The summed E-state index contributed by atoms with van der Waals surface area (Å²) in [5.74, 6) is -0.650. The van der Waals surface area contributed by atoms with Crippen LogP contribution in [0.3, 0.4) is 0 Å². The molecular weight excluding hydrogens is 500 g/mol. The van der Waals surface area contributed by atoms with Crippen LogP contribution in [0.2, 0.25) is 10.0 Å². The van der Waals surface area contributed by atoms with Crippen LogP contribution in [-0.2, 0) is 0 Å². The number of piperidine rings is 1. The molecule has 1 aromatic heterocycles. The molecule has 176 valence electrons. The molecule has 0 aliphatic carbocycles. The largest absolute Gasteiger partial charge is 0.493 e. The van der Waals surface area contributed by atoms with Crippen LogP contribution in [0.5, 0.6) is 11.5 Å². The van der Waals surface area contributed by atoms with Crippen LogP contribution in [0, 0.1) is 15.9 Å². The summed E-state index contributed by atoms with van der Waals surface area (Å²) in [6.45, 7) is 1.47. The van der Waals surface area contributed by atoms with E-state index in [1.165, 1.54) is 31.6 Å². The quantitative estimate of drug-likeness (QED) is 0.257. The zero-order valence-electron chi connectivity index (χ0n) is 17.2. The normalized spacial score (nSPS) is 13.9. The van der Waals surface area contributed by atoms with Crippen molar-refractivity contribution < 1.29 is 18.8 Å². The lowest BCUT2D eigenvalue weighted by Gasteiger charge is -2.24. The van der Waals surface area contributed by atoms with Gasteiger partial charge < -0.3 is 20.1 Å². The molecule has 9 nitrogen and oxygen atoms in total. The average Bonchev–Trinajstić information content (AvgIpc) is 2.79. The topological polar surface area (TPSA) is 111 Å². The van der Waals surface area contributed by atoms with E-state index in [0.717, 1.165) is 13.1 Å². The summed E-state index contributed by atoms with van der Waals surface area (Å²) in [5.41, 5.74) is -0.198. The number of ether oxygens (including phenoxy) is 2. The molecule has 1 fully saturated rings. The third-order valence-corrected chi connectivity index (χ3v) is 5.86. The van der Waals surface area contributed by atoms with Gasteiger partial charge in [-0.2, -0.15) is 0 Å². The number of nitro groups is 1. The highest BCUT2D eigenvalue weighted by Gasteiger charge is 2.31. The van der Waals surface area contributed by atoms with Gasteiger partial charge in [0.15, 0.2) is 11.6 Å². The van der Waals surface area contributed by atoms with E-state index in [9.17, 15) is 14.5 Å². The molecule has 33 heavy (non-hydrogen) atoms. The van der Waals surface area contributed by atoms with Gasteiger partial charge in [0.2, 0.25) is 5.75 Å². The van der Waals surface area contributed by atoms with E-state index in [-0.39, 0.29) is 68.2 Å². The molecule has 3 aromatic rings. The molecule has 0 saturated carbocycles. The maximum atomic E-state index is 14.6. The van der Waals surface area contributed by atoms with E-state index in [0.29, 0.717) is 12.8 Å². The summed E-state index contributed by atoms with van der Waals surface area (Å²) in [7, 11) is 1.39. The smallest absolute Gasteiger partial charge is 0.327 e. The highest BCUT2D eigenvalue weighted by molar-refractivity contribution is 6.42. The van der Waals surface area contributed by atoms with Gasteiger partial charge in [-0.15, -0.1) is 12.4 Å². The van der Waals surface area contributed by atoms with Crippen molar-refractivity contribution >= 4 is 63.7 Å². The second-order valence-electron chi connectivity index (χ2n) is 7.05. The Kier molecular flexibility index (Phi) is 7.96. The first kappa shape index (κ1) is 25.0. The molecule has 2 heterocycles. The number of benzene rings is 2. The minimum atomic E-state index is -0.812. The number of fused-ring (bicyclic) bond motifs is 1. The lowest BCUT2D eigenvalue weighted by molar-refractivity contribution is -0.384. The molecule has 2 N–H and O–H groups in total. The van der Waals surface area contributed by atoms with E-state index in [1.54, 1.807) is 0 Å². The molecule has 1 saturated heterocycles. The van der Waals surface area contributed by atoms with Crippen LogP contribution in [0.4, 0.5) is 21.6 Å². The molecule has 0 bridgehead atoms. The van der Waals surface area contributed by atoms with Crippen molar-refractivity contribution in [1.29, 1.82) is 0 Å². The van der Waals surface area contributed by atoms with Gasteiger partial charge in [0, 0.05) is 6.07 Å². The molecule has 4 rings (SSSR count). The van der Waals surface area contributed by atoms with Gasteiger partial charge >= 0.3 is 5.69 Å². The lowest BCUT2D eigenvalue weighted by Crippen LogP contribution is -2.34. The SMILES string of the molecule is COc1cc2ncnc(Nc3ccc(Cl)c(Cl)c3F)c2c([N+](=O)[O-])c1OC1CCNCC1.Cl. The summed E-state index contributed by atoms with van der Waals surface area (Å²) in [6, 6.07) is 4.29. The van der Waals surface area contributed by atoms with E-state index in [4.69, 9.17) is 32.7 Å². The van der Waals surface area contributed by atoms with Gasteiger partial charge in [-0.3, -0.25) is 10.1 Å². The Morgan fingerprint density at radius 2 is 2.00 bits per heavy atom. The Morgan fingerprint density at radius 1 is 1.27 bits per heavy atom. The van der Waals surface area contributed by atoms with Crippen molar-refractivity contribution in [3.63, 3.8) is 0 Å². The van der Waals surface area contributed by atoms with Crippen molar-refractivity contribution in [2.24, 2.45) is 0 Å². The Morgan fingerprint density at radius 3 is 2.67 bits per heavy atom. The molecule has 0 atom stereocenters. The van der Waals surface area contributed by atoms with Crippen LogP contribution in [0.1, 0.15) is 12.8 Å². The first-order valence-corrected chi connectivity index (χ1v) is 10.4. The Hall–Kier alpha value is -2.66. The Bertz CT molecular complexity index is 1190. The number of nitrogens with one attached hydrogen (secondary N) is 2. The first-order chi connectivity index (χ1) is 15.4. The fraction of sp³-hybridized carbons (Fsp3) is 0.300. The number of hydrogen-bond donors (Lipinski definition) is 2. The third-order valence-electron chi connectivity index (χ3n) is 5.08. The zero-order valence-corrected chi connectivity index (χ0v) is 19.6. The molecular formula is C20H19Cl3FN5O4. The zero-order chi connectivity index (χ0) is 22.8. The summed E-state index contributed by atoms with van der Waals surface area (Å²) >= 11 is 11.7. The van der Waals surface area contributed by atoms with Crippen LogP contribution in [-0.4, -0.2) is 41.2 Å². The van der Waals surface area contributed by atoms with Crippen LogP contribution in [0.25, 0.3) is 10.9 Å². The van der Waals surface area contributed by atoms with E-state index in [2.05, 4.69) is 20.6 Å². The number of rotatable bonds is 6. The minimum Gasteiger partial charge on any atom is -0.493 e. The number of anilines is 2. The molecule has 0 amide bonds. The Balaban J connectivity index is 0.00000306. The molecule has 0 unspecified atom stereocenters. The summed E-state index contributed by atoms with van der Waals surface area (Å²) in [6.07, 6.45) is 2.35. The van der Waals surface area contributed by atoms with Crippen molar-refractivity contribution in [3.8, 4) is 11.5 Å². The maximum Gasteiger partial charge on any atom is 0.327 e. The fourth-order valence-electron chi connectivity index (χ4n) is 3.53. The maximum absolute atomic E-state index is 14.6. The van der Waals surface area contributed by atoms with Gasteiger partial charge in [0.25, 0.3) is 0 Å². The van der Waals surface area contributed by atoms with Crippen molar-refractivity contribution in [3.05, 3.63) is 50.5 Å². The number of hydrogen-bond acceptors (Lipinski definition) is 8. The van der Waals surface area contributed by atoms with Gasteiger partial charge in [0.05, 0.1) is 33.3 Å². The number of nitro benzene ring substituents is 1. The van der Waals surface area contributed by atoms with Crippen molar-refractivity contribution in [2.75, 3.05) is 25.5 Å². The number of halogens is 4. The minimum absolute atomic E-state index is 0. The standard InChI is InChI=1S/C20H18Cl2FN5O4.ClH/c1-31-14-8-13-15(18(28(29)30)19(14)32-10-4-6-24-7-5-10)20(26-9-25-13)27-12-3-2-11(21)16(22)17(12)23;/h2-3,8-10,24H,4-7H2,1H3,(H,25,26,27);1H. The third kappa shape index (κ3) is 4.98. The van der Waals surface area contributed by atoms with Gasteiger partial charge in [0.1, 0.15) is 23.6 Å². The van der Waals surface area contributed by atoms with Crippen LogP contribution >= 0.6 is 35.6 Å². The van der Waals surface area contributed by atoms with E-state index >= 15 is 0 Å². The fourth-order valence-corrected chi connectivity index (χ4v) is 3.84. The van der Waals surface area contributed by atoms with Crippen LogP contribution in [0.15, 0.2) is 24.5 Å². The molecule has 1 aliphatic heterocycles.